The van der Waals surface area contributed by atoms with Crippen molar-refractivity contribution in [2.75, 3.05) is 32.7 Å². The third-order valence-electron chi connectivity index (χ3n) is 6.81. The first-order chi connectivity index (χ1) is 20.1. The van der Waals surface area contributed by atoms with E-state index in [1.807, 2.05) is 43.3 Å². The van der Waals surface area contributed by atoms with Crippen LogP contribution in [0.4, 0.5) is 11.4 Å². The van der Waals surface area contributed by atoms with Crippen LogP contribution in [-0.2, 0) is 9.53 Å². The standard InChI is InChI=1S/C30H28N4O7S/c1-6-40-29(36)26-17(2)31-30-33(27(26)18-7-9-19(10-8-18)32(3)4)28(35)25(42-30)16-21-12-14-24(41-21)22-13-11-20(39-5)15-23(22)34(37)38/h7-16,27H,6H2,1-5H3/b25-16-. The summed E-state index contributed by atoms with van der Waals surface area (Å²) >= 11 is 1.16. The zero-order chi connectivity index (χ0) is 30.1. The average Bonchev–Trinajstić information content (AvgIpc) is 3.56. The van der Waals surface area contributed by atoms with E-state index in [9.17, 15) is 19.7 Å². The van der Waals surface area contributed by atoms with Crippen molar-refractivity contribution in [1.29, 1.82) is 0 Å². The Labute approximate surface area is 244 Å². The Hall–Kier alpha value is -4.97. The molecule has 2 aromatic heterocycles. The second-order valence-electron chi connectivity index (χ2n) is 9.63. The Balaban J connectivity index is 1.62. The highest BCUT2D eigenvalue weighted by atomic mass is 32.1. The number of hydrogen-bond donors (Lipinski definition) is 0. The number of nitro groups is 1. The molecule has 0 fully saturated rings. The Morgan fingerprint density at radius 1 is 1.19 bits per heavy atom. The van der Waals surface area contributed by atoms with Crippen molar-refractivity contribution in [3.05, 3.63) is 107 Å². The summed E-state index contributed by atoms with van der Waals surface area (Å²) < 4.78 is 18.2. The Kier molecular flexibility index (Phi) is 7.81. The summed E-state index contributed by atoms with van der Waals surface area (Å²) in [6.45, 7) is 3.63. The lowest BCUT2D eigenvalue weighted by atomic mass is 9.95. The van der Waals surface area contributed by atoms with Gasteiger partial charge in [-0.2, -0.15) is 0 Å². The average molecular weight is 589 g/mol. The van der Waals surface area contributed by atoms with E-state index in [-0.39, 0.29) is 29.2 Å². The summed E-state index contributed by atoms with van der Waals surface area (Å²) in [5, 5.41) is 11.7. The summed E-state index contributed by atoms with van der Waals surface area (Å²) in [5.74, 6) is 0.407. The summed E-state index contributed by atoms with van der Waals surface area (Å²) in [4.78, 5) is 45.1. The van der Waals surface area contributed by atoms with Crippen LogP contribution in [0.1, 0.15) is 31.2 Å². The first-order valence-electron chi connectivity index (χ1n) is 13.0. The molecule has 0 bridgehead atoms. The van der Waals surface area contributed by atoms with E-state index in [0.29, 0.717) is 32.1 Å². The number of thiazole rings is 1. The second kappa shape index (κ2) is 11.5. The molecule has 1 aliphatic rings. The number of nitro benzene ring substituents is 1. The van der Waals surface area contributed by atoms with Crippen LogP contribution in [0.5, 0.6) is 5.75 Å². The fourth-order valence-electron chi connectivity index (χ4n) is 4.76. The summed E-state index contributed by atoms with van der Waals surface area (Å²) in [5.41, 5.74) is 2.21. The molecule has 42 heavy (non-hydrogen) atoms. The van der Waals surface area contributed by atoms with Crippen molar-refractivity contribution in [2.24, 2.45) is 4.99 Å². The minimum Gasteiger partial charge on any atom is -0.497 e. The number of allylic oxidation sites excluding steroid dienone is 1. The van der Waals surface area contributed by atoms with E-state index in [0.717, 1.165) is 22.6 Å². The van der Waals surface area contributed by atoms with Crippen LogP contribution in [0.15, 0.2) is 80.1 Å². The van der Waals surface area contributed by atoms with Crippen molar-refractivity contribution >= 4 is 34.8 Å². The van der Waals surface area contributed by atoms with Crippen LogP contribution in [0.3, 0.4) is 0 Å². The molecule has 1 unspecified atom stereocenters. The molecule has 1 atom stereocenters. The number of rotatable bonds is 8. The van der Waals surface area contributed by atoms with Crippen molar-refractivity contribution in [2.45, 2.75) is 19.9 Å². The van der Waals surface area contributed by atoms with Gasteiger partial charge in [-0.05, 0) is 55.8 Å². The zero-order valence-electron chi connectivity index (χ0n) is 23.6. The predicted molar refractivity (Wildman–Crippen MR) is 159 cm³/mol. The highest BCUT2D eigenvalue weighted by Gasteiger charge is 2.33. The van der Waals surface area contributed by atoms with Gasteiger partial charge in [-0.3, -0.25) is 19.5 Å². The van der Waals surface area contributed by atoms with Crippen molar-refractivity contribution in [3.63, 3.8) is 0 Å². The Bertz CT molecular complexity index is 1900. The van der Waals surface area contributed by atoms with Gasteiger partial charge in [0.05, 0.1) is 52.1 Å². The van der Waals surface area contributed by atoms with Gasteiger partial charge in [0, 0.05) is 25.9 Å². The number of methoxy groups -OCH3 is 1. The highest BCUT2D eigenvalue weighted by Crippen LogP contribution is 2.35. The minimum absolute atomic E-state index is 0.170. The number of carbonyl (C=O) groups excluding carboxylic acids is 1. The zero-order valence-corrected chi connectivity index (χ0v) is 24.4. The highest BCUT2D eigenvalue weighted by molar-refractivity contribution is 7.07. The monoisotopic (exact) mass is 588 g/mol. The fourth-order valence-corrected chi connectivity index (χ4v) is 5.79. The van der Waals surface area contributed by atoms with Gasteiger partial charge in [0.2, 0.25) is 0 Å². The largest absolute Gasteiger partial charge is 0.497 e. The third-order valence-corrected chi connectivity index (χ3v) is 7.79. The molecule has 0 saturated heterocycles. The van der Waals surface area contributed by atoms with Gasteiger partial charge >= 0.3 is 5.97 Å². The number of ether oxygens (including phenoxy) is 2. The molecular formula is C30H28N4O7S. The second-order valence-corrected chi connectivity index (χ2v) is 10.6. The number of anilines is 1. The van der Waals surface area contributed by atoms with E-state index < -0.39 is 16.9 Å². The Morgan fingerprint density at radius 3 is 2.57 bits per heavy atom. The van der Waals surface area contributed by atoms with Gasteiger partial charge in [-0.25, -0.2) is 9.79 Å². The van der Waals surface area contributed by atoms with Crippen molar-refractivity contribution < 1.29 is 23.6 Å². The summed E-state index contributed by atoms with van der Waals surface area (Å²) in [6, 6.07) is 14.6. The topological polar surface area (TPSA) is 129 Å². The molecule has 0 saturated carbocycles. The smallest absolute Gasteiger partial charge is 0.338 e. The van der Waals surface area contributed by atoms with Gasteiger partial charge in [0.25, 0.3) is 11.2 Å². The lowest BCUT2D eigenvalue weighted by Gasteiger charge is -2.25. The van der Waals surface area contributed by atoms with E-state index in [2.05, 4.69) is 4.99 Å². The molecule has 216 valence electrons. The van der Waals surface area contributed by atoms with Crippen LogP contribution in [-0.4, -0.2) is 43.3 Å². The molecule has 12 heteroatoms. The molecule has 0 aliphatic carbocycles. The molecule has 0 amide bonds. The number of hydrogen-bond acceptors (Lipinski definition) is 10. The van der Waals surface area contributed by atoms with Crippen molar-refractivity contribution in [1.82, 2.24) is 4.57 Å². The normalized spacial score (nSPS) is 14.8. The number of nitrogens with zero attached hydrogens (tertiary/aromatic N) is 4. The van der Waals surface area contributed by atoms with E-state index >= 15 is 0 Å². The maximum Gasteiger partial charge on any atom is 0.338 e. The first-order valence-corrected chi connectivity index (χ1v) is 13.8. The van der Waals surface area contributed by atoms with Gasteiger partial charge in [-0.1, -0.05) is 23.5 Å². The first kappa shape index (κ1) is 28.6. The molecule has 11 nitrogen and oxygen atoms in total. The molecule has 0 radical (unpaired) electrons. The third kappa shape index (κ3) is 5.23. The number of aromatic nitrogens is 1. The molecule has 2 aromatic carbocycles. The SMILES string of the molecule is CCOC(=O)C1=C(C)N=c2s/c(=C\c3ccc(-c4ccc(OC)cc4[N+](=O)[O-])o3)c(=O)n2C1c1ccc(N(C)C)cc1. The van der Waals surface area contributed by atoms with Crippen LogP contribution in [0, 0.1) is 10.1 Å². The van der Waals surface area contributed by atoms with Gasteiger partial charge in [-0.15, -0.1) is 0 Å². The molecule has 3 heterocycles. The lowest BCUT2D eigenvalue weighted by Crippen LogP contribution is -2.39. The van der Waals surface area contributed by atoms with Crippen LogP contribution in [0.2, 0.25) is 0 Å². The number of esters is 1. The predicted octanol–water partition coefficient (Wildman–Crippen LogP) is 4.04. The van der Waals surface area contributed by atoms with E-state index in [1.54, 1.807) is 44.2 Å². The molecule has 1 aliphatic heterocycles. The van der Waals surface area contributed by atoms with Gasteiger partial charge in [0.1, 0.15) is 17.3 Å². The number of fused-ring (bicyclic) bond motifs is 1. The van der Waals surface area contributed by atoms with E-state index in [4.69, 9.17) is 13.9 Å². The molecule has 0 N–H and O–H groups in total. The summed E-state index contributed by atoms with van der Waals surface area (Å²) in [6.07, 6.45) is 1.57. The fraction of sp³-hybridized carbons (Fsp3) is 0.233. The lowest BCUT2D eigenvalue weighted by molar-refractivity contribution is -0.384. The minimum atomic E-state index is -0.743. The molecule has 5 rings (SSSR count). The molecule has 0 spiro atoms. The maximum atomic E-state index is 13.9. The van der Waals surface area contributed by atoms with Crippen LogP contribution < -0.4 is 24.5 Å². The molecule has 4 aromatic rings. The van der Waals surface area contributed by atoms with E-state index in [1.165, 1.54) is 17.7 Å². The Morgan fingerprint density at radius 2 is 1.93 bits per heavy atom. The molecular weight excluding hydrogens is 560 g/mol. The summed E-state index contributed by atoms with van der Waals surface area (Å²) in [7, 11) is 5.29. The maximum absolute atomic E-state index is 13.9. The number of benzene rings is 2. The number of carbonyl (C=O) groups is 1. The van der Waals surface area contributed by atoms with Crippen molar-refractivity contribution in [3.8, 4) is 17.1 Å². The van der Waals surface area contributed by atoms with Gasteiger partial charge in [0.15, 0.2) is 4.80 Å². The van der Waals surface area contributed by atoms with Gasteiger partial charge < -0.3 is 18.8 Å². The number of furan rings is 1. The quantitative estimate of drug-likeness (QED) is 0.171. The van der Waals surface area contributed by atoms with Crippen LogP contribution in [0.25, 0.3) is 17.4 Å². The van der Waals surface area contributed by atoms with Crippen LogP contribution >= 0.6 is 11.3 Å².